The fraction of sp³-hybridized carbons (Fsp3) is 0.667. The average Bonchev–Trinajstić information content (AvgIpc) is 2.23. The van der Waals surface area contributed by atoms with Gasteiger partial charge < -0.3 is 15.9 Å². The van der Waals surface area contributed by atoms with Gasteiger partial charge in [0.15, 0.2) is 0 Å². The third kappa shape index (κ3) is 5.01. The lowest BCUT2D eigenvalue weighted by Gasteiger charge is -2.20. The van der Waals surface area contributed by atoms with Crippen LogP contribution in [0.25, 0.3) is 0 Å². The van der Waals surface area contributed by atoms with Crippen molar-refractivity contribution < 1.29 is 24.6 Å². The van der Waals surface area contributed by atoms with Gasteiger partial charge >= 0.3 is 11.9 Å². The summed E-state index contributed by atoms with van der Waals surface area (Å²) in [6.07, 6.45) is 0. The second-order valence-electron chi connectivity index (χ2n) is 2.80. The fourth-order valence-corrected chi connectivity index (χ4v) is 2.81. The summed E-state index contributed by atoms with van der Waals surface area (Å²) in [6, 6.07) is -1.01. The molecule has 16 heavy (non-hydrogen) atoms. The van der Waals surface area contributed by atoms with Crippen molar-refractivity contribution in [3.8, 4) is 0 Å². The molecular formula is C6H13N3O5S2. The van der Waals surface area contributed by atoms with Gasteiger partial charge in [0.1, 0.15) is 6.04 Å². The van der Waals surface area contributed by atoms with Gasteiger partial charge in [-0.05, 0) is 0 Å². The molecule has 0 spiro atoms. The quantitative estimate of drug-likeness (QED) is 0.150. The van der Waals surface area contributed by atoms with Crippen molar-refractivity contribution in [2.45, 2.75) is 11.8 Å². The molecule has 0 fully saturated rings. The molecule has 0 amide bonds. The largest absolute Gasteiger partial charge is 0.480 e. The molecule has 0 aromatic carbocycles. The van der Waals surface area contributed by atoms with Crippen LogP contribution in [0.15, 0.2) is 0 Å². The van der Waals surface area contributed by atoms with Crippen molar-refractivity contribution in [1.82, 2.24) is 0 Å². The Hall–Kier alpha value is -0.520. The first-order valence-electron chi connectivity index (χ1n) is 3.96. The van der Waals surface area contributed by atoms with Crippen LogP contribution in [0, 0.1) is 0 Å². The summed E-state index contributed by atoms with van der Waals surface area (Å²) in [6.45, 7) is 0. The Labute approximate surface area is 99.2 Å². The monoisotopic (exact) mass is 271 g/mol. The summed E-state index contributed by atoms with van der Waals surface area (Å²) < 4.78 is 0. The van der Waals surface area contributed by atoms with E-state index in [2.05, 4.69) is 4.84 Å². The van der Waals surface area contributed by atoms with Gasteiger partial charge in [0.05, 0.1) is 5.75 Å². The zero-order valence-electron chi connectivity index (χ0n) is 8.16. The van der Waals surface area contributed by atoms with E-state index in [9.17, 15) is 9.59 Å². The highest BCUT2D eigenvalue weighted by atomic mass is 33.1. The predicted molar refractivity (Wildman–Crippen MR) is 60.4 cm³/mol. The van der Waals surface area contributed by atoms with Gasteiger partial charge in [-0.3, -0.25) is 15.4 Å². The molecule has 94 valence electrons. The van der Waals surface area contributed by atoms with E-state index in [-0.39, 0.29) is 11.5 Å². The van der Waals surface area contributed by atoms with Gasteiger partial charge in [-0.15, -0.1) is 0 Å². The Morgan fingerprint density at radius 1 is 1.38 bits per heavy atom. The van der Waals surface area contributed by atoms with Crippen molar-refractivity contribution in [3.05, 3.63) is 0 Å². The molecule has 0 bridgehead atoms. The molecule has 2 atom stereocenters. The zero-order chi connectivity index (χ0) is 12.8. The Morgan fingerprint density at radius 2 is 1.94 bits per heavy atom. The number of rotatable bonds is 8. The second-order valence-corrected chi connectivity index (χ2v) is 5.31. The van der Waals surface area contributed by atoms with E-state index in [1.165, 1.54) is 0 Å². The molecule has 0 aliphatic heterocycles. The lowest BCUT2D eigenvalue weighted by Crippen LogP contribution is -2.54. The van der Waals surface area contributed by atoms with E-state index >= 15 is 0 Å². The van der Waals surface area contributed by atoms with Gasteiger partial charge in [0, 0.05) is 5.75 Å². The second kappa shape index (κ2) is 6.93. The maximum Gasteiger partial charge on any atom is 0.354 e. The van der Waals surface area contributed by atoms with E-state index in [4.69, 9.17) is 27.6 Å². The van der Waals surface area contributed by atoms with Gasteiger partial charge in [0.25, 0.3) is 0 Å². The van der Waals surface area contributed by atoms with Crippen LogP contribution in [0.1, 0.15) is 0 Å². The van der Waals surface area contributed by atoms with E-state index < -0.39 is 23.7 Å². The van der Waals surface area contributed by atoms with Crippen LogP contribution in [0.3, 0.4) is 0 Å². The zero-order valence-corrected chi connectivity index (χ0v) is 9.79. The Kier molecular flexibility index (Phi) is 6.71. The molecule has 0 aliphatic carbocycles. The average molecular weight is 271 g/mol. The van der Waals surface area contributed by atoms with Crippen LogP contribution >= 0.6 is 21.6 Å². The number of hydrogen-bond acceptors (Lipinski definition) is 8. The van der Waals surface area contributed by atoms with Crippen molar-refractivity contribution in [3.63, 3.8) is 0 Å². The van der Waals surface area contributed by atoms with Gasteiger partial charge in [-0.1, -0.05) is 21.6 Å². The van der Waals surface area contributed by atoms with E-state index in [1.54, 1.807) is 0 Å². The lowest BCUT2D eigenvalue weighted by atomic mass is 10.3. The number of aliphatic carboxylic acids is 2. The first kappa shape index (κ1) is 15.5. The molecule has 0 heterocycles. The topological polar surface area (TPSA) is 162 Å². The highest BCUT2D eigenvalue weighted by Crippen LogP contribution is 2.25. The van der Waals surface area contributed by atoms with Gasteiger partial charge in [-0.2, -0.15) is 0 Å². The molecule has 8 nitrogen and oxygen atoms in total. The number of nitrogens with two attached hydrogens (primary N) is 3. The minimum absolute atomic E-state index is 0.125. The number of hydrogen-bond donors (Lipinski definition) is 5. The molecule has 0 radical (unpaired) electrons. The summed E-state index contributed by atoms with van der Waals surface area (Å²) >= 11 is 0. The molecule has 0 rings (SSSR count). The molecule has 8 N–H and O–H groups in total. The summed E-state index contributed by atoms with van der Waals surface area (Å²) in [7, 11) is 2.10. The molecule has 0 saturated heterocycles. The summed E-state index contributed by atoms with van der Waals surface area (Å²) in [5.41, 5.74) is 8.53. The van der Waals surface area contributed by atoms with Crippen LogP contribution in [-0.4, -0.2) is 45.4 Å². The number of carboxylic acid groups (broad SMARTS) is 2. The first-order chi connectivity index (χ1) is 7.33. The van der Waals surface area contributed by atoms with Crippen LogP contribution in [0.2, 0.25) is 0 Å². The Balaban J connectivity index is 3.89. The van der Waals surface area contributed by atoms with E-state index in [1.807, 2.05) is 0 Å². The first-order valence-corrected chi connectivity index (χ1v) is 6.45. The fourth-order valence-electron chi connectivity index (χ4n) is 0.468. The van der Waals surface area contributed by atoms with Crippen molar-refractivity contribution >= 4 is 33.5 Å². The van der Waals surface area contributed by atoms with Crippen molar-refractivity contribution in [2.24, 2.45) is 17.4 Å². The summed E-state index contributed by atoms with van der Waals surface area (Å²) in [4.78, 5) is 25.1. The Morgan fingerprint density at radius 3 is 2.31 bits per heavy atom. The maximum atomic E-state index is 10.6. The molecule has 0 aromatic heterocycles. The van der Waals surface area contributed by atoms with Crippen LogP contribution in [0.5, 0.6) is 0 Å². The summed E-state index contributed by atoms with van der Waals surface area (Å²) in [5, 5.41) is 17.1. The van der Waals surface area contributed by atoms with Crippen molar-refractivity contribution in [1.29, 1.82) is 0 Å². The van der Waals surface area contributed by atoms with Gasteiger partial charge in [-0.25, -0.2) is 10.7 Å². The molecule has 0 saturated carbocycles. The molecule has 2 unspecified atom stereocenters. The van der Waals surface area contributed by atoms with E-state index in [0.29, 0.717) is 0 Å². The normalized spacial score (nSPS) is 16.4. The summed E-state index contributed by atoms with van der Waals surface area (Å²) in [5.74, 6) is 2.22. The minimum Gasteiger partial charge on any atom is -0.480 e. The molecule has 10 heteroatoms. The third-order valence-corrected chi connectivity index (χ3v) is 3.96. The minimum atomic E-state index is -1.98. The number of carboxylic acids is 2. The Bertz CT molecular complexity index is 267. The predicted octanol–water partition coefficient (Wildman–Crippen LogP) is -1.59. The smallest absolute Gasteiger partial charge is 0.354 e. The van der Waals surface area contributed by atoms with Crippen LogP contribution < -0.4 is 17.4 Å². The highest BCUT2D eigenvalue weighted by molar-refractivity contribution is 8.76. The van der Waals surface area contributed by atoms with Crippen LogP contribution in [0.4, 0.5) is 0 Å². The van der Waals surface area contributed by atoms with Gasteiger partial charge in [0.2, 0.25) is 5.72 Å². The van der Waals surface area contributed by atoms with Crippen molar-refractivity contribution in [2.75, 3.05) is 11.5 Å². The SMILES string of the molecule is NOC(N)(CSSCC(N)C(=O)O)C(=O)O. The maximum absolute atomic E-state index is 10.6. The molecule has 0 aliphatic rings. The number of carbonyl (C=O) groups is 2. The van der Waals surface area contributed by atoms with E-state index in [0.717, 1.165) is 21.6 Å². The highest BCUT2D eigenvalue weighted by Gasteiger charge is 2.35. The third-order valence-electron chi connectivity index (χ3n) is 1.49. The standard InChI is InChI=1S/C6H13N3O5S2/c7-3(4(10)11)1-15-16-2-6(8,14-9)5(12)13/h3H,1-2,7-9H2,(H,10,11)(H,12,13). The van der Waals surface area contributed by atoms with Crippen LogP contribution in [-0.2, 0) is 14.4 Å². The molecular weight excluding hydrogens is 258 g/mol. The molecule has 0 aromatic rings. The lowest BCUT2D eigenvalue weighted by molar-refractivity contribution is -0.162.